The first-order valence-corrected chi connectivity index (χ1v) is 9.33. The molecule has 0 saturated carbocycles. The fraction of sp³-hybridized carbons (Fsp3) is 0.125. The Labute approximate surface area is 164 Å². The van der Waals surface area contributed by atoms with Crippen LogP contribution >= 0.6 is 11.6 Å². The summed E-state index contributed by atoms with van der Waals surface area (Å²) in [4.78, 5) is 4.75. The van der Waals surface area contributed by atoms with E-state index in [4.69, 9.17) is 16.6 Å². The highest BCUT2D eigenvalue weighted by molar-refractivity contribution is 6.31. The number of aliphatic hydroxyl groups is 1. The summed E-state index contributed by atoms with van der Waals surface area (Å²) in [6.45, 7) is 1.97. The van der Waals surface area contributed by atoms with Crippen LogP contribution in [0, 0.1) is 6.92 Å². The van der Waals surface area contributed by atoms with Crippen molar-refractivity contribution in [3.63, 3.8) is 0 Å². The Morgan fingerprint density at radius 2 is 1.59 bits per heavy atom. The van der Waals surface area contributed by atoms with Gasteiger partial charge in [0.15, 0.2) is 0 Å². The van der Waals surface area contributed by atoms with Crippen LogP contribution in [0.2, 0.25) is 5.02 Å². The number of hydrogen-bond donors (Lipinski definition) is 1. The van der Waals surface area contributed by atoms with Gasteiger partial charge < -0.3 is 5.11 Å². The Morgan fingerprint density at radius 3 is 2.26 bits per heavy atom. The van der Waals surface area contributed by atoms with Crippen molar-refractivity contribution in [3.8, 4) is 0 Å². The zero-order valence-corrected chi connectivity index (χ0v) is 15.8. The van der Waals surface area contributed by atoms with Crippen LogP contribution in [-0.4, -0.2) is 10.8 Å². The lowest BCUT2D eigenvalue weighted by molar-refractivity contribution is 0.113. The number of allylic oxidation sites excluding steroid dienone is 1. The molecule has 1 N–H and O–H groups in total. The van der Waals surface area contributed by atoms with E-state index in [1.807, 2.05) is 91.9 Å². The fourth-order valence-electron chi connectivity index (χ4n) is 3.49. The maximum Gasteiger partial charge on any atom is 0.121 e. The molecule has 0 amide bonds. The van der Waals surface area contributed by atoms with Gasteiger partial charge in [-0.15, -0.1) is 0 Å². The van der Waals surface area contributed by atoms with Gasteiger partial charge >= 0.3 is 0 Å². The normalized spacial score (nSPS) is 20.7. The molecule has 0 radical (unpaired) electrons. The molecular weight excluding hydrogens is 354 g/mol. The third-order valence-electron chi connectivity index (χ3n) is 4.96. The highest BCUT2D eigenvalue weighted by Crippen LogP contribution is 2.44. The van der Waals surface area contributed by atoms with E-state index < -0.39 is 5.60 Å². The lowest BCUT2D eigenvalue weighted by atomic mass is 9.84. The summed E-state index contributed by atoms with van der Waals surface area (Å²) in [6.07, 6.45) is 2.42. The predicted octanol–water partition coefficient (Wildman–Crippen LogP) is 6.10. The van der Waals surface area contributed by atoms with Crippen molar-refractivity contribution in [3.05, 3.63) is 107 Å². The number of halogens is 1. The zero-order chi connectivity index (χ0) is 18.9. The standard InChI is InChI=1S/C24H20ClNO/c1-17-12-13-20(15-23(17)25)26-21-14-22(18-8-4-2-5-9-18)24(27,16-21)19-10-6-3-7-11-19/h2-15,27H,16H2,1H3. The summed E-state index contributed by atoms with van der Waals surface area (Å²) in [5, 5.41) is 12.3. The molecule has 1 atom stereocenters. The van der Waals surface area contributed by atoms with Crippen molar-refractivity contribution < 1.29 is 5.11 Å². The van der Waals surface area contributed by atoms with E-state index in [-0.39, 0.29) is 0 Å². The third kappa shape index (κ3) is 3.46. The van der Waals surface area contributed by atoms with Crippen LogP contribution in [0.15, 0.2) is 89.9 Å². The number of aliphatic imine (C=N–C) groups is 1. The van der Waals surface area contributed by atoms with E-state index in [1.54, 1.807) is 0 Å². The lowest BCUT2D eigenvalue weighted by Crippen LogP contribution is -2.25. The summed E-state index contributed by atoms with van der Waals surface area (Å²) in [6, 6.07) is 25.5. The number of aryl methyl sites for hydroxylation is 1. The molecular formula is C24H20ClNO. The molecule has 27 heavy (non-hydrogen) atoms. The molecule has 0 aliphatic heterocycles. The molecule has 3 aromatic carbocycles. The molecule has 134 valence electrons. The molecule has 1 aliphatic carbocycles. The zero-order valence-electron chi connectivity index (χ0n) is 15.1. The summed E-state index contributed by atoms with van der Waals surface area (Å²) in [5.74, 6) is 0. The van der Waals surface area contributed by atoms with Crippen LogP contribution < -0.4 is 0 Å². The molecule has 0 bridgehead atoms. The van der Waals surface area contributed by atoms with Crippen LogP contribution in [0.3, 0.4) is 0 Å². The lowest BCUT2D eigenvalue weighted by Gasteiger charge is -2.27. The molecule has 0 spiro atoms. The van der Waals surface area contributed by atoms with Crippen LogP contribution in [0.25, 0.3) is 5.57 Å². The van der Waals surface area contributed by atoms with E-state index >= 15 is 0 Å². The molecule has 0 aromatic heterocycles. The van der Waals surface area contributed by atoms with Crippen molar-refractivity contribution in [2.45, 2.75) is 18.9 Å². The monoisotopic (exact) mass is 373 g/mol. The van der Waals surface area contributed by atoms with Gasteiger partial charge in [-0.3, -0.25) is 4.99 Å². The molecule has 2 nitrogen and oxygen atoms in total. The smallest absolute Gasteiger partial charge is 0.121 e. The number of hydrogen-bond acceptors (Lipinski definition) is 2. The highest BCUT2D eigenvalue weighted by atomic mass is 35.5. The second-order valence-electron chi connectivity index (χ2n) is 6.86. The van der Waals surface area contributed by atoms with E-state index in [2.05, 4.69) is 0 Å². The van der Waals surface area contributed by atoms with E-state index in [0.717, 1.165) is 33.7 Å². The largest absolute Gasteiger partial charge is 0.380 e. The molecule has 0 fully saturated rings. The number of rotatable bonds is 3. The van der Waals surface area contributed by atoms with Gasteiger partial charge in [0, 0.05) is 17.2 Å². The highest BCUT2D eigenvalue weighted by Gasteiger charge is 2.40. The molecule has 3 aromatic rings. The topological polar surface area (TPSA) is 32.6 Å². The van der Waals surface area contributed by atoms with Crippen LogP contribution in [-0.2, 0) is 5.60 Å². The Morgan fingerprint density at radius 1 is 0.926 bits per heavy atom. The first-order valence-electron chi connectivity index (χ1n) is 8.95. The molecule has 3 heteroatoms. The minimum Gasteiger partial charge on any atom is -0.380 e. The Hall–Kier alpha value is -2.68. The van der Waals surface area contributed by atoms with Gasteiger partial charge in [-0.1, -0.05) is 78.3 Å². The van der Waals surface area contributed by atoms with Crippen molar-refractivity contribution >= 4 is 28.6 Å². The van der Waals surface area contributed by atoms with Crippen molar-refractivity contribution in [2.24, 2.45) is 4.99 Å². The molecule has 0 saturated heterocycles. The Kier molecular flexibility index (Phi) is 4.69. The van der Waals surface area contributed by atoms with Crippen molar-refractivity contribution in [1.82, 2.24) is 0 Å². The van der Waals surface area contributed by atoms with Gasteiger partial charge in [-0.05, 0) is 47.4 Å². The average Bonchev–Trinajstić information content (AvgIpc) is 3.03. The van der Waals surface area contributed by atoms with E-state index in [0.29, 0.717) is 11.4 Å². The molecule has 0 heterocycles. The summed E-state index contributed by atoms with van der Waals surface area (Å²) in [5.41, 5.74) is 4.28. The van der Waals surface area contributed by atoms with Gasteiger partial charge in [-0.2, -0.15) is 0 Å². The van der Waals surface area contributed by atoms with Crippen molar-refractivity contribution in [1.29, 1.82) is 0 Å². The van der Waals surface area contributed by atoms with E-state index in [1.165, 1.54) is 0 Å². The predicted molar refractivity (Wildman–Crippen MR) is 113 cm³/mol. The quantitative estimate of drug-likeness (QED) is 0.591. The second-order valence-corrected chi connectivity index (χ2v) is 7.27. The fourth-order valence-corrected chi connectivity index (χ4v) is 3.67. The number of benzene rings is 3. The molecule has 4 rings (SSSR count). The van der Waals surface area contributed by atoms with Crippen LogP contribution in [0.4, 0.5) is 5.69 Å². The SMILES string of the molecule is Cc1ccc(N=C2C=C(c3ccccc3)C(O)(c3ccccc3)C2)cc1Cl. The maximum absolute atomic E-state index is 11.6. The van der Waals surface area contributed by atoms with E-state index in [9.17, 15) is 5.11 Å². The first-order chi connectivity index (χ1) is 13.1. The maximum atomic E-state index is 11.6. The number of nitrogens with zero attached hydrogens (tertiary/aromatic N) is 1. The molecule has 1 aliphatic rings. The molecule has 1 unspecified atom stereocenters. The minimum absolute atomic E-state index is 0.423. The summed E-state index contributed by atoms with van der Waals surface area (Å²) >= 11 is 6.24. The Bertz CT molecular complexity index is 1020. The summed E-state index contributed by atoms with van der Waals surface area (Å²) in [7, 11) is 0. The average molecular weight is 374 g/mol. The van der Waals surface area contributed by atoms with Gasteiger partial charge in [0.2, 0.25) is 0 Å². The van der Waals surface area contributed by atoms with Crippen LogP contribution in [0.1, 0.15) is 23.1 Å². The first kappa shape index (κ1) is 17.7. The van der Waals surface area contributed by atoms with Gasteiger partial charge in [-0.25, -0.2) is 0 Å². The third-order valence-corrected chi connectivity index (χ3v) is 5.36. The van der Waals surface area contributed by atoms with Crippen molar-refractivity contribution in [2.75, 3.05) is 0 Å². The van der Waals surface area contributed by atoms with Gasteiger partial charge in [0.1, 0.15) is 5.60 Å². The van der Waals surface area contributed by atoms with Gasteiger partial charge in [0.25, 0.3) is 0 Å². The van der Waals surface area contributed by atoms with Gasteiger partial charge in [0.05, 0.1) is 5.69 Å². The minimum atomic E-state index is -1.10. The summed E-state index contributed by atoms with van der Waals surface area (Å²) < 4.78 is 0. The second kappa shape index (κ2) is 7.15. The Balaban J connectivity index is 1.81. The van der Waals surface area contributed by atoms with Crippen LogP contribution in [0.5, 0.6) is 0 Å².